The molecule has 3 aromatic rings. The molecule has 15 heteroatoms. The zero-order valence-corrected chi connectivity index (χ0v) is 29.5. The fourth-order valence-corrected chi connectivity index (χ4v) is 7.08. The summed E-state index contributed by atoms with van der Waals surface area (Å²) in [4.78, 5) is 11.4. The molecule has 1 aliphatic heterocycles. The Kier molecular flexibility index (Phi) is 14.1. The maximum atomic E-state index is 12.6. The number of nitrogens with zero attached hydrogens (tertiary/aromatic N) is 5. The molecular weight excluding hydrogens is 641 g/mol. The van der Waals surface area contributed by atoms with Crippen molar-refractivity contribution >= 4 is 48.7 Å². The molecular formula is C30H47ClN5O7PS. The molecule has 0 radical (unpaired) electrons. The number of aryl methyl sites for hydroxylation is 2. The fraction of sp³-hybridized carbons (Fsp3) is 0.633. The van der Waals surface area contributed by atoms with E-state index in [1.54, 1.807) is 27.2 Å². The fourth-order valence-electron chi connectivity index (χ4n) is 5.58. The van der Waals surface area contributed by atoms with Crippen LogP contribution < -0.4 is 4.90 Å². The van der Waals surface area contributed by atoms with Crippen LogP contribution >= 0.6 is 31.8 Å². The summed E-state index contributed by atoms with van der Waals surface area (Å²) in [5.74, 6) is -0.671. The number of ether oxygens (including phenoxy) is 2. The van der Waals surface area contributed by atoms with Gasteiger partial charge in [-0.15, -0.1) is 0 Å². The quantitative estimate of drug-likeness (QED) is 0.0959. The molecule has 1 aromatic carbocycles. The van der Waals surface area contributed by atoms with E-state index in [9.17, 15) is 4.57 Å². The van der Waals surface area contributed by atoms with Crippen molar-refractivity contribution in [1.29, 1.82) is 0 Å². The summed E-state index contributed by atoms with van der Waals surface area (Å²) >= 11 is 9.91. The van der Waals surface area contributed by atoms with Crippen LogP contribution in [0.5, 0.6) is 0 Å². The number of thiol groups is 1. The van der Waals surface area contributed by atoms with Crippen molar-refractivity contribution in [2.45, 2.75) is 70.8 Å². The summed E-state index contributed by atoms with van der Waals surface area (Å²) < 4.78 is 36.2. The van der Waals surface area contributed by atoms with E-state index in [0.29, 0.717) is 31.8 Å². The first-order chi connectivity index (χ1) is 21.4. The highest BCUT2D eigenvalue weighted by atomic mass is 35.5. The van der Waals surface area contributed by atoms with E-state index in [4.69, 9.17) is 40.3 Å². The lowest BCUT2D eigenvalue weighted by Gasteiger charge is -2.49. The van der Waals surface area contributed by atoms with Gasteiger partial charge in [0.05, 0.1) is 37.5 Å². The highest BCUT2D eigenvalue weighted by Gasteiger charge is 2.49. The summed E-state index contributed by atoms with van der Waals surface area (Å²) in [5, 5.41) is 21.8. The van der Waals surface area contributed by atoms with Gasteiger partial charge in [-0.25, -0.2) is 4.68 Å². The Labute approximate surface area is 276 Å². The van der Waals surface area contributed by atoms with Gasteiger partial charge in [0, 0.05) is 32.2 Å². The maximum absolute atomic E-state index is 12.6. The van der Waals surface area contributed by atoms with Gasteiger partial charge in [0.15, 0.2) is 11.4 Å². The van der Waals surface area contributed by atoms with Crippen LogP contribution in [0.15, 0.2) is 30.5 Å². The van der Waals surface area contributed by atoms with Gasteiger partial charge < -0.3 is 33.6 Å². The Balaban J connectivity index is 0.000000719. The van der Waals surface area contributed by atoms with Crippen molar-refractivity contribution in [2.75, 3.05) is 57.5 Å². The second-order valence-electron chi connectivity index (χ2n) is 11.3. The average molecular weight is 688 g/mol. The number of hydrogen-bond donors (Lipinski definition) is 3. The first-order valence-corrected chi connectivity index (χ1v) is 18.0. The summed E-state index contributed by atoms with van der Waals surface area (Å²) in [7, 11) is -1.64. The third kappa shape index (κ3) is 10.1. The summed E-state index contributed by atoms with van der Waals surface area (Å²) in [6, 6.07) is 8.76. The smallest absolute Gasteiger partial charge is 0.356 e. The van der Waals surface area contributed by atoms with Crippen LogP contribution in [-0.2, 0) is 41.5 Å². The molecule has 1 aliphatic carbocycles. The van der Waals surface area contributed by atoms with Gasteiger partial charge >= 0.3 is 7.60 Å². The predicted octanol–water partition coefficient (Wildman–Crippen LogP) is 5.08. The van der Waals surface area contributed by atoms with Gasteiger partial charge in [-0.05, 0) is 75.9 Å². The van der Waals surface area contributed by atoms with Crippen LogP contribution in [0, 0.1) is 0 Å². The number of aliphatic hydroxyl groups is 2. The average Bonchev–Trinajstić information content (AvgIpc) is 3.56. The molecule has 0 amide bonds. The molecule has 0 bridgehead atoms. The van der Waals surface area contributed by atoms with Crippen molar-refractivity contribution in [2.24, 2.45) is 0 Å². The van der Waals surface area contributed by atoms with E-state index in [2.05, 4.69) is 56.9 Å². The molecule has 1 unspecified atom stereocenters. The van der Waals surface area contributed by atoms with Gasteiger partial charge in [0.25, 0.3) is 0 Å². The first kappa shape index (κ1) is 37.7. The standard InChI is InChI=1S/C26H35ClN5O5P.C3H8O2.CH4S/c1-4-36-38(33,37-5-2)18-35-15-20(34-3)11-13-32-24-21(14-28-32)23(29-25(27)30-24)31-16-26(17-31)12-10-19-8-6-7-9-22(19)26;1-3(2,4)5;1-2/h6-9,14,20H,4-5,10-13,15-18H2,1-3H3;4-5H,1-2H3;2H,1H3. The van der Waals surface area contributed by atoms with Gasteiger partial charge in [0.1, 0.15) is 12.2 Å². The largest absolute Gasteiger partial charge is 0.379 e. The molecule has 45 heavy (non-hydrogen) atoms. The maximum Gasteiger partial charge on any atom is 0.356 e. The summed E-state index contributed by atoms with van der Waals surface area (Å²) in [6.07, 6.45) is 6.05. The highest BCUT2D eigenvalue weighted by molar-refractivity contribution is 7.79. The third-order valence-electron chi connectivity index (χ3n) is 7.40. The Morgan fingerprint density at radius 2 is 1.78 bits per heavy atom. The minimum Gasteiger partial charge on any atom is -0.379 e. The molecule has 1 spiro atoms. The number of anilines is 1. The Morgan fingerprint density at radius 1 is 1.13 bits per heavy atom. The lowest BCUT2D eigenvalue weighted by molar-refractivity contribution is -0.127. The van der Waals surface area contributed by atoms with Crippen LogP contribution in [0.25, 0.3) is 11.0 Å². The van der Waals surface area contributed by atoms with Gasteiger partial charge in [-0.1, -0.05) is 24.3 Å². The highest BCUT2D eigenvalue weighted by Crippen LogP contribution is 2.48. The first-order valence-electron chi connectivity index (χ1n) is 15.0. The van der Waals surface area contributed by atoms with Crippen LogP contribution in [-0.4, -0.2) is 94.5 Å². The number of fused-ring (bicyclic) bond motifs is 3. The van der Waals surface area contributed by atoms with E-state index in [1.165, 1.54) is 25.0 Å². The molecule has 2 aliphatic rings. The zero-order chi connectivity index (χ0) is 33.3. The molecule has 0 saturated carbocycles. The molecule has 2 N–H and O–H groups in total. The molecule has 2 aromatic heterocycles. The van der Waals surface area contributed by atoms with Gasteiger partial charge in [-0.3, -0.25) is 4.57 Å². The summed E-state index contributed by atoms with van der Waals surface area (Å²) in [6.45, 7) is 9.34. The third-order valence-corrected chi connectivity index (χ3v) is 9.37. The minimum atomic E-state index is -3.26. The van der Waals surface area contributed by atoms with Crippen molar-refractivity contribution < 1.29 is 33.3 Å². The lowest BCUT2D eigenvalue weighted by Crippen LogP contribution is -2.58. The molecule has 1 atom stereocenters. The van der Waals surface area contributed by atoms with Crippen molar-refractivity contribution in [3.05, 3.63) is 46.9 Å². The van der Waals surface area contributed by atoms with Gasteiger partial charge in [0.2, 0.25) is 5.28 Å². The molecule has 5 rings (SSSR count). The number of halogens is 1. The van der Waals surface area contributed by atoms with E-state index < -0.39 is 13.4 Å². The molecule has 1 fully saturated rings. The SMILES string of the molecule is CC(C)(O)O.CCOP(=O)(COCC(CCn1ncc2c(N3CC4(CCc5ccccc54)C3)nc(Cl)nc21)OC)OCC.CS. The second-order valence-corrected chi connectivity index (χ2v) is 13.6. The van der Waals surface area contributed by atoms with E-state index in [1.807, 2.05) is 10.9 Å². The second kappa shape index (κ2) is 16.9. The zero-order valence-electron chi connectivity index (χ0n) is 27.0. The van der Waals surface area contributed by atoms with Crippen molar-refractivity contribution in [3.8, 4) is 0 Å². The predicted molar refractivity (Wildman–Crippen MR) is 180 cm³/mol. The minimum absolute atomic E-state index is 0.118. The Hall–Kier alpha value is -1.80. The normalized spacial score (nSPS) is 16.0. The number of aromatic nitrogens is 4. The summed E-state index contributed by atoms with van der Waals surface area (Å²) in [5.41, 5.74) is 3.81. The molecule has 3 heterocycles. The van der Waals surface area contributed by atoms with Crippen molar-refractivity contribution in [3.63, 3.8) is 0 Å². The van der Waals surface area contributed by atoms with Crippen LogP contribution in [0.1, 0.15) is 51.7 Å². The number of hydrogen-bond acceptors (Lipinski definition) is 12. The monoisotopic (exact) mass is 687 g/mol. The molecule has 252 valence electrons. The molecule has 1 saturated heterocycles. The van der Waals surface area contributed by atoms with Crippen molar-refractivity contribution in [1.82, 2.24) is 19.7 Å². The number of rotatable bonds is 13. The van der Waals surface area contributed by atoms with Gasteiger partial charge in [-0.2, -0.15) is 27.7 Å². The van der Waals surface area contributed by atoms with E-state index in [0.717, 1.165) is 37.1 Å². The lowest BCUT2D eigenvalue weighted by atomic mass is 9.75. The number of methoxy groups -OCH3 is 1. The Bertz CT molecular complexity index is 1400. The topological polar surface area (TPSA) is 141 Å². The van der Waals surface area contributed by atoms with E-state index in [-0.39, 0.29) is 29.8 Å². The van der Waals surface area contributed by atoms with Crippen LogP contribution in [0.3, 0.4) is 0 Å². The van der Waals surface area contributed by atoms with Crippen LogP contribution in [0.4, 0.5) is 5.82 Å². The Morgan fingerprint density at radius 3 is 2.40 bits per heavy atom. The van der Waals surface area contributed by atoms with E-state index >= 15 is 0 Å². The van der Waals surface area contributed by atoms with Crippen LogP contribution in [0.2, 0.25) is 5.28 Å². The molecule has 12 nitrogen and oxygen atoms in total. The number of benzene rings is 1.